The third-order valence-electron chi connectivity index (χ3n) is 5.58. The summed E-state index contributed by atoms with van der Waals surface area (Å²) in [5.41, 5.74) is 2.81. The predicted molar refractivity (Wildman–Crippen MR) is 133 cm³/mol. The van der Waals surface area contributed by atoms with Gasteiger partial charge in [-0.05, 0) is 29.8 Å². The number of esters is 1. The van der Waals surface area contributed by atoms with Crippen molar-refractivity contribution in [3.05, 3.63) is 77.4 Å². The van der Waals surface area contributed by atoms with Crippen molar-refractivity contribution in [2.45, 2.75) is 20.4 Å². The molecule has 1 aliphatic heterocycles. The third kappa shape index (κ3) is 6.03. The van der Waals surface area contributed by atoms with Gasteiger partial charge in [-0.2, -0.15) is 0 Å². The lowest BCUT2D eigenvalue weighted by molar-refractivity contribution is -0.137. The van der Waals surface area contributed by atoms with Gasteiger partial charge in [0.25, 0.3) is 0 Å². The number of nitrogens with zero attached hydrogens (tertiary/aromatic N) is 3. The van der Waals surface area contributed by atoms with Crippen molar-refractivity contribution < 1.29 is 9.53 Å². The number of hydrogen-bond donors (Lipinski definition) is 1. The summed E-state index contributed by atoms with van der Waals surface area (Å²) >= 11 is 6.15. The molecule has 6 nitrogen and oxygen atoms in total. The normalized spacial score (nSPS) is 14.4. The van der Waals surface area contributed by atoms with Gasteiger partial charge in [0.2, 0.25) is 0 Å². The summed E-state index contributed by atoms with van der Waals surface area (Å²) in [6.07, 6.45) is 1.74. The lowest BCUT2D eigenvalue weighted by Crippen LogP contribution is -2.46. The van der Waals surface area contributed by atoms with Crippen LogP contribution in [0.1, 0.15) is 19.4 Å². The Morgan fingerprint density at radius 3 is 2.52 bits per heavy atom. The molecule has 0 radical (unpaired) electrons. The quantitative estimate of drug-likeness (QED) is 0.475. The van der Waals surface area contributed by atoms with E-state index in [0.717, 1.165) is 38.4 Å². The number of carbonyl (C=O) groups excluding carboxylic acids is 1. The molecule has 2 heterocycles. The van der Waals surface area contributed by atoms with E-state index in [1.165, 1.54) is 5.56 Å². The van der Waals surface area contributed by atoms with E-state index in [1.807, 2.05) is 50.2 Å². The second-order valence-electron chi connectivity index (χ2n) is 8.47. The number of piperazine rings is 1. The molecule has 1 N–H and O–H groups in total. The van der Waals surface area contributed by atoms with Crippen LogP contribution in [0.15, 0.2) is 66.9 Å². The van der Waals surface area contributed by atoms with Crippen LogP contribution in [0.5, 0.6) is 5.75 Å². The molecule has 1 aromatic heterocycles. The number of ether oxygens (including phenoxy) is 1. The van der Waals surface area contributed by atoms with Crippen LogP contribution >= 0.6 is 11.6 Å². The van der Waals surface area contributed by atoms with E-state index in [1.54, 1.807) is 6.20 Å². The number of anilines is 3. The number of hydrogen-bond acceptors (Lipinski definition) is 6. The van der Waals surface area contributed by atoms with Crippen LogP contribution < -0.4 is 15.0 Å². The van der Waals surface area contributed by atoms with Gasteiger partial charge in [-0.15, -0.1) is 0 Å². The number of aromatic nitrogens is 1. The molecule has 0 amide bonds. The molecule has 0 unspecified atom stereocenters. The van der Waals surface area contributed by atoms with Gasteiger partial charge in [0.1, 0.15) is 0 Å². The van der Waals surface area contributed by atoms with Crippen molar-refractivity contribution in [2.24, 2.45) is 5.92 Å². The van der Waals surface area contributed by atoms with Crippen LogP contribution in [0, 0.1) is 5.92 Å². The first-order valence-electron chi connectivity index (χ1n) is 11.2. The minimum atomic E-state index is -0.291. The molecule has 2 aromatic carbocycles. The highest BCUT2D eigenvalue weighted by molar-refractivity contribution is 6.30. The molecule has 0 saturated carbocycles. The Kier molecular flexibility index (Phi) is 7.47. The maximum absolute atomic E-state index is 12.5. The van der Waals surface area contributed by atoms with E-state index in [-0.39, 0.29) is 11.9 Å². The molecule has 0 aliphatic carbocycles. The van der Waals surface area contributed by atoms with E-state index in [9.17, 15) is 4.79 Å². The fourth-order valence-electron chi connectivity index (χ4n) is 3.76. The lowest BCUT2D eigenvalue weighted by Gasteiger charge is -2.36. The molecule has 172 valence electrons. The highest BCUT2D eigenvalue weighted by Crippen LogP contribution is 2.37. The maximum Gasteiger partial charge on any atom is 0.313 e. The zero-order valence-corrected chi connectivity index (χ0v) is 19.8. The van der Waals surface area contributed by atoms with Gasteiger partial charge in [-0.1, -0.05) is 61.8 Å². The van der Waals surface area contributed by atoms with Crippen LogP contribution in [0.2, 0.25) is 5.02 Å². The third-order valence-corrected chi connectivity index (χ3v) is 5.82. The van der Waals surface area contributed by atoms with Gasteiger partial charge in [-0.25, -0.2) is 4.98 Å². The van der Waals surface area contributed by atoms with Crippen molar-refractivity contribution in [1.29, 1.82) is 0 Å². The van der Waals surface area contributed by atoms with Crippen molar-refractivity contribution >= 4 is 34.8 Å². The Bertz CT molecular complexity index is 1080. The molecule has 0 spiro atoms. The van der Waals surface area contributed by atoms with Crippen LogP contribution in [-0.4, -0.2) is 42.0 Å². The van der Waals surface area contributed by atoms with Crippen molar-refractivity contribution in [3.8, 4) is 5.75 Å². The molecule has 0 atom stereocenters. The van der Waals surface area contributed by atoms with Gasteiger partial charge in [-0.3, -0.25) is 9.69 Å². The Balaban J connectivity index is 1.55. The molecular formula is C26H29ClN4O2. The number of carbonyl (C=O) groups is 1. The summed E-state index contributed by atoms with van der Waals surface area (Å²) in [5, 5.41) is 3.97. The van der Waals surface area contributed by atoms with Crippen LogP contribution in [0.3, 0.4) is 0 Å². The fraction of sp³-hybridized carbons (Fsp3) is 0.308. The first kappa shape index (κ1) is 23.1. The SMILES string of the molecule is CC(C)C(=O)Oc1c(Nc2cccc(Cl)c2)ccnc1N1CCN(Cc2ccccc2)CC1. The molecule has 1 aliphatic rings. The second kappa shape index (κ2) is 10.7. The van der Waals surface area contributed by atoms with E-state index < -0.39 is 0 Å². The predicted octanol–water partition coefficient (Wildman–Crippen LogP) is 5.36. The van der Waals surface area contributed by atoms with Crippen molar-refractivity contribution in [3.63, 3.8) is 0 Å². The van der Waals surface area contributed by atoms with Gasteiger partial charge in [0, 0.05) is 49.6 Å². The van der Waals surface area contributed by atoms with Gasteiger partial charge in [0.05, 0.1) is 11.6 Å². The minimum absolute atomic E-state index is 0.250. The minimum Gasteiger partial charge on any atom is -0.420 e. The molecule has 3 aromatic rings. The number of benzene rings is 2. The van der Waals surface area contributed by atoms with Gasteiger partial charge in [0.15, 0.2) is 11.6 Å². The summed E-state index contributed by atoms with van der Waals surface area (Å²) < 4.78 is 5.86. The van der Waals surface area contributed by atoms with Crippen molar-refractivity contribution in [2.75, 3.05) is 36.4 Å². The van der Waals surface area contributed by atoms with Crippen LogP contribution in [-0.2, 0) is 11.3 Å². The second-order valence-corrected chi connectivity index (χ2v) is 8.91. The number of rotatable bonds is 7. The number of pyridine rings is 1. The van der Waals surface area contributed by atoms with Crippen LogP contribution in [0.25, 0.3) is 0 Å². The Labute approximate surface area is 200 Å². The molecule has 4 rings (SSSR count). The average molecular weight is 465 g/mol. The fourth-order valence-corrected chi connectivity index (χ4v) is 3.95. The zero-order chi connectivity index (χ0) is 23.2. The Morgan fingerprint density at radius 2 is 1.82 bits per heavy atom. The standard InChI is InChI=1S/C26H29ClN4O2/c1-19(2)26(32)33-24-23(29-22-10-6-9-21(27)17-22)11-12-28-25(24)31-15-13-30(14-16-31)18-20-7-4-3-5-8-20/h3-12,17,19H,13-16,18H2,1-2H3,(H,28,29). The zero-order valence-electron chi connectivity index (χ0n) is 19.0. The monoisotopic (exact) mass is 464 g/mol. The highest BCUT2D eigenvalue weighted by atomic mass is 35.5. The summed E-state index contributed by atoms with van der Waals surface area (Å²) in [6, 6.07) is 19.8. The summed E-state index contributed by atoms with van der Waals surface area (Å²) in [4.78, 5) is 21.8. The summed E-state index contributed by atoms with van der Waals surface area (Å²) in [6.45, 7) is 7.98. The Hall–Kier alpha value is -3.09. The molecular weight excluding hydrogens is 436 g/mol. The summed E-state index contributed by atoms with van der Waals surface area (Å²) in [7, 11) is 0. The first-order chi connectivity index (χ1) is 16.0. The van der Waals surface area contributed by atoms with Crippen LogP contribution in [0.4, 0.5) is 17.2 Å². The molecule has 7 heteroatoms. The van der Waals surface area contributed by atoms with Gasteiger partial charge < -0.3 is 15.0 Å². The highest BCUT2D eigenvalue weighted by Gasteiger charge is 2.25. The number of halogens is 1. The summed E-state index contributed by atoms with van der Waals surface area (Å²) in [5.74, 6) is 0.587. The van der Waals surface area contributed by atoms with E-state index in [2.05, 4.69) is 44.4 Å². The van der Waals surface area contributed by atoms with Crippen molar-refractivity contribution in [1.82, 2.24) is 9.88 Å². The first-order valence-corrected chi connectivity index (χ1v) is 11.6. The lowest BCUT2D eigenvalue weighted by atomic mass is 10.2. The average Bonchev–Trinajstić information content (AvgIpc) is 2.81. The smallest absolute Gasteiger partial charge is 0.313 e. The topological polar surface area (TPSA) is 57.7 Å². The molecule has 33 heavy (non-hydrogen) atoms. The molecule has 1 saturated heterocycles. The largest absolute Gasteiger partial charge is 0.420 e. The van der Waals surface area contributed by atoms with Gasteiger partial charge >= 0.3 is 5.97 Å². The maximum atomic E-state index is 12.5. The molecule has 1 fully saturated rings. The number of nitrogens with one attached hydrogen (secondary N) is 1. The van der Waals surface area contributed by atoms with E-state index >= 15 is 0 Å². The van der Waals surface area contributed by atoms with E-state index in [4.69, 9.17) is 16.3 Å². The molecule has 0 bridgehead atoms. The Morgan fingerprint density at radius 1 is 1.06 bits per heavy atom. The van der Waals surface area contributed by atoms with E-state index in [0.29, 0.717) is 22.3 Å².